The number of hydrogen-bond acceptors (Lipinski definition) is 1. The normalized spacial score (nSPS) is 8.55. The van der Waals surface area contributed by atoms with Gasteiger partial charge >= 0.3 is 0 Å². The monoisotopic (exact) mass is 266 g/mol. The zero-order valence-electron chi connectivity index (χ0n) is 6.89. The van der Waals surface area contributed by atoms with Crippen LogP contribution in [0.4, 0.5) is 0 Å². The van der Waals surface area contributed by atoms with Gasteiger partial charge in [0.2, 0.25) is 0 Å². The van der Waals surface area contributed by atoms with Gasteiger partial charge in [0, 0.05) is 12.4 Å². The first-order valence-corrected chi connectivity index (χ1v) is 5.43. The molecule has 0 radical (unpaired) electrons. The highest BCUT2D eigenvalue weighted by atomic mass is 127. The zero-order valence-corrected chi connectivity index (χ0v) is 9.04. The fourth-order valence-electron chi connectivity index (χ4n) is 0.560. The van der Waals surface area contributed by atoms with E-state index in [4.69, 9.17) is 0 Å². The van der Waals surface area contributed by atoms with Gasteiger partial charge in [-0.2, -0.15) is 0 Å². The van der Waals surface area contributed by atoms with Gasteiger partial charge in [0.25, 0.3) is 0 Å². The lowest BCUT2D eigenvalue weighted by atomic mass is 10.3. The molecule has 2 nitrogen and oxygen atoms in total. The summed E-state index contributed by atoms with van der Waals surface area (Å²) in [4.78, 5) is 6.42. The largest absolute Gasteiger partial charge is 0.351 e. The lowest BCUT2D eigenvalue weighted by Crippen LogP contribution is -1.70. The number of imidazole rings is 1. The Morgan fingerprint density at radius 2 is 2.27 bits per heavy atom. The highest BCUT2D eigenvalue weighted by Gasteiger charge is 1.76. The molecule has 1 aromatic heterocycles. The fraction of sp³-hybridized carbons (Fsp3) is 0.625. The van der Waals surface area contributed by atoms with E-state index in [2.05, 4.69) is 39.5 Å². The lowest BCUT2D eigenvalue weighted by Gasteiger charge is -1.85. The molecule has 0 atom stereocenters. The molecule has 11 heavy (non-hydrogen) atoms. The van der Waals surface area contributed by atoms with Gasteiger partial charge in [-0.25, -0.2) is 4.98 Å². The molecular weight excluding hydrogens is 251 g/mol. The highest BCUT2D eigenvalue weighted by molar-refractivity contribution is 14.1. The van der Waals surface area contributed by atoms with E-state index in [1.54, 1.807) is 18.7 Å². The van der Waals surface area contributed by atoms with Crippen LogP contribution in [0.1, 0.15) is 26.2 Å². The van der Waals surface area contributed by atoms with Crippen LogP contribution < -0.4 is 0 Å². The molecule has 0 spiro atoms. The van der Waals surface area contributed by atoms with Crippen molar-refractivity contribution in [3.8, 4) is 0 Å². The minimum Gasteiger partial charge on any atom is -0.351 e. The number of aromatic amines is 1. The van der Waals surface area contributed by atoms with Crippen molar-refractivity contribution in [1.29, 1.82) is 0 Å². The Balaban J connectivity index is 0.000000183. The molecule has 0 unspecified atom stereocenters. The maximum atomic E-state index is 3.67. The van der Waals surface area contributed by atoms with Crippen LogP contribution in [0.2, 0.25) is 0 Å². The van der Waals surface area contributed by atoms with E-state index >= 15 is 0 Å². The van der Waals surface area contributed by atoms with Gasteiger partial charge in [0.05, 0.1) is 6.33 Å². The average Bonchev–Trinajstić information content (AvgIpc) is 2.57. The lowest BCUT2D eigenvalue weighted by molar-refractivity contribution is 0.785. The number of rotatable bonds is 3. The first kappa shape index (κ1) is 10.9. The van der Waals surface area contributed by atoms with Crippen LogP contribution in [0.15, 0.2) is 18.7 Å². The molecule has 0 aliphatic carbocycles. The van der Waals surface area contributed by atoms with Gasteiger partial charge in [-0.15, -0.1) is 0 Å². The summed E-state index contributed by atoms with van der Waals surface area (Å²) in [7, 11) is 0. The van der Waals surface area contributed by atoms with Crippen LogP contribution in [0.5, 0.6) is 0 Å². The minimum absolute atomic E-state index is 1.32. The molecule has 0 aliphatic heterocycles. The third kappa shape index (κ3) is 9.94. The summed E-state index contributed by atoms with van der Waals surface area (Å²) in [5.41, 5.74) is 0. The van der Waals surface area contributed by atoms with E-state index in [9.17, 15) is 0 Å². The van der Waals surface area contributed by atoms with Crippen molar-refractivity contribution in [2.45, 2.75) is 26.2 Å². The Labute approximate surface area is 82.0 Å². The molecule has 0 bridgehead atoms. The van der Waals surface area contributed by atoms with Crippen molar-refractivity contribution in [2.24, 2.45) is 0 Å². The Morgan fingerprint density at radius 3 is 2.45 bits per heavy atom. The topological polar surface area (TPSA) is 28.7 Å². The van der Waals surface area contributed by atoms with Crippen molar-refractivity contribution in [3.05, 3.63) is 18.7 Å². The SMILES string of the molecule is CCCCCI.c1c[nH]cn1. The molecule has 1 N–H and O–H groups in total. The smallest absolute Gasteiger partial charge is 0.0919 e. The van der Waals surface area contributed by atoms with E-state index in [-0.39, 0.29) is 0 Å². The number of nitrogens with one attached hydrogen (secondary N) is 1. The summed E-state index contributed by atoms with van der Waals surface area (Å²) in [5, 5.41) is 0. The third-order valence-corrected chi connectivity index (χ3v) is 1.91. The van der Waals surface area contributed by atoms with E-state index in [0.29, 0.717) is 0 Å². The molecule has 64 valence electrons. The minimum atomic E-state index is 1.32. The molecule has 0 saturated carbocycles. The molecule has 0 aromatic carbocycles. The maximum Gasteiger partial charge on any atom is 0.0919 e. The Hall–Kier alpha value is -0.0600. The predicted octanol–water partition coefficient (Wildman–Crippen LogP) is 3.02. The Bertz CT molecular complexity index is 107. The maximum absolute atomic E-state index is 3.67. The second-order valence-corrected chi connectivity index (χ2v) is 3.24. The number of hydrogen-bond donors (Lipinski definition) is 1. The standard InChI is InChI=1S/C5H11I.C3H4N2/c1-2-3-4-5-6;1-2-5-3-4-1/h2-5H2,1H3;1-3H,(H,4,5). The van der Waals surface area contributed by atoms with E-state index in [0.717, 1.165) is 0 Å². The number of halogens is 1. The average molecular weight is 266 g/mol. The van der Waals surface area contributed by atoms with Gasteiger partial charge in [-0.3, -0.25) is 0 Å². The molecular formula is C8H15IN2. The van der Waals surface area contributed by atoms with E-state index < -0.39 is 0 Å². The van der Waals surface area contributed by atoms with Gasteiger partial charge in [0.15, 0.2) is 0 Å². The number of alkyl halides is 1. The van der Waals surface area contributed by atoms with Crippen LogP contribution in [-0.4, -0.2) is 14.4 Å². The number of nitrogens with zero attached hydrogens (tertiary/aromatic N) is 1. The molecule has 0 amide bonds. The van der Waals surface area contributed by atoms with Crippen molar-refractivity contribution in [3.63, 3.8) is 0 Å². The summed E-state index contributed by atoms with van der Waals surface area (Å²) in [6.45, 7) is 2.23. The van der Waals surface area contributed by atoms with Crippen molar-refractivity contribution >= 4 is 22.6 Å². The number of aromatic nitrogens is 2. The molecule has 1 heterocycles. The van der Waals surface area contributed by atoms with Crippen LogP contribution >= 0.6 is 22.6 Å². The molecule has 0 aliphatic rings. The molecule has 1 aromatic rings. The van der Waals surface area contributed by atoms with Crippen molar-refractivity contribution in [1.82, 2.24) is 9.97 Å². The Kier molecular flexibility index (Phi) is 9.89. The van der Waals surface area contributed by atoms with Crippen molar-refractivity contribution in [2.75, 3.05) is 4.43 Å². The number of H-pyrrole nitrogens is 1. The van der Waals surface area contributed by atoms with Gasteiger partial charge in [0.1, 0.15) is 0 Å². The molecule has 1 rings (SSSR count). The van der Waals surface area contributed by atoms with E-state index in [1.807, 2.05) is 0 Å². The summed E-state index contributed by atoms with van der Waals surface area (Å²) < 4.78 is 1.32. The quantitative estimate of drug-likeness (QED) is 0.508. The van der Waals surface area contributed by atoms with Crippen LogP contribution in [0.3, 0.4) is 0 Å². The second-order valence-electron chi connectivity index (χ2n) is 2.16. The second kappa shape index (κ2) is 9.94. The summed E-state index contributed by atoms with van der Waals surface area (Å²) >= 11 is 2.41. The first-order chi connectivity index (χ1) is 5.41. The van der Waals surface area contributed by atoms with E-state index in [1.165, 1.54) is 23.7 Å². The summed E-state index contributed by atoms with van der Waals surface area (Å²) in [6.07, 6.45) is 9.24. The molecule has 0 saturated heterocycles. The Morgan fingerprint density at radius 1 is 1.45 bits per heavy atom. The van der Waals surface area contributed by atoms with Gasteiger partial charge in [-0.1, -0.05) is 42.4 Å². The predicted molar refractivity (Wildman–Crippen MR) is 57.0 cm³/mol. The third-order valence-electron chi connectivity index (χ3n) is 1.14. The summed E-state index contributed by atoms with van der Waals surface area (Å²) in [6, 6.07) is 0. The van der Waals surface area contributed by atoms with Gasteiger partial charge < -0.3 is 4.98 Å². The van der Waals surface area contributed by atoms with Crippen LogP contribution in [0.25, 0.3) is 0 Å². The van der Waals surface area contributed by atoms with Crippen LogP contribution in [-0.2, 0) is 0 Å². The number of unbranched alkanes of at least 4 members (excludes halogenated alkanes) is 2. The summed E-state index contributed by atoms with van der Waals surface area (Å²) in [5.74, 6) is 0. The zero-order chi connectivity index (χ0) is 8.36. The fourth-order valence-corrected chi connectivity index (χ4v) is 1.10. The van der Waals surface area contributed by atoms with Gasteiger partial charge in [-0.05, 0) is 10.8 Å². The van der Waals surface area contributed by atoms with Crippen molar-refractivity contribution < 1.29 is 0 Å². The first-order valence-electron chi connectivity index (χ1n) is 3.90. The highest BCUT2D eigenvalue weighted by Crippen LogP contribution is 1.96. The molecule has 3 heteroatoms. The molecule has 0 fully saturated rings. The van der Waals surface area contributed by atoms with Crippen LogP contribution in [0, 0.1) is 0 Å².